The maximum Gasteiger partial charge on any atom is 0.0454 e. The fourth-order valence-corrected chi connectivity index (χ4v) is 1.07. The molecule has 0 spiro atoms. The summed E-state index contributed by atoms with van der Waals surface area (Å²) in [6.45, 7) is 0. The number of nitrogens with zero attached hydrogens (tertiary/aromatic N) is 1. The summed E-state index contributed by atoms with van der Waals surface area (Å²) in [6, 6.07) is 3.80. The van der Waals surface area contributed by atoms with Crippen molar-refractivity contribution in [2.45, 2.75) is 18.8 Å². The van der Waals surface area contributed by atoms with E-state index in [-0.39, 0.29) is 0 Å². The van der Waals surface area contributed by atoms with E-state index in [1.807, 2.05) is 12.1 Å². The molecule has 0 aromatic carbocycles. The number of hydrogen-bond acceptors (Lipinski definition) is 2. The second-order valence-electron chi connectivity index (χ2n) is 2.79. The molecular formula is C8H10N2. The van der Waals surface area contributed by atoms with Crippen LogP contribution in [0.4, 0.5) is 5.69 Å². The van der Waals surface area contributed by atoms with E-state index in [4.69, 9.17) is 5.73 Å². The number of rotatable bonds is 1. The Hall–Kier alpha value is -1.05. The molecule has 0 radical (unpaired) electrons. The Morgan fingerprint density at radius 2 is 2.30 bits per heavy atom. The number of pyridine rings is 1. The summed E-state index contributed by atoms with van der Waals surface area (Å²) in [4.78, 5) is 4.22. The van der Waals surface area contributed by atoms with Crippen LogP contribution in [0.15, 0.2) is 18.3 Å². The Bertz CT molecular complexity index is 241. The molecule has 1 aromatic heterocycles. The molecule has 0 atom stereocenters. The topological polar surface area (TPSA) is 38.9 Å². The van der Waals surface area contributed by atoms with Crippen molar-refractivity contribution in [1.29, 1.82) is 0 Å². The van der Waals surface area contributed by atoms with Gasteiger partial charge in [-0.2, -0.15) is 0 Å². The highest BCUT2D eigenvalue weighted by Gasteiger charge is 2.24. The van der Waals surface area contributed by atoms with Crippen LogP contribution >= 0.6 is 0 Å². The van der Waals surface area contributed by atoms with Gasteiger partial charge < -0.3 is 5.73 Å². The maximum atomic E-state index is 5.58. The molecule has 0 aliphatic heterocycles. The molecule has 1 heterocycles. The first kappa shape index (κ1) is 5.71. The molecule has 1 aromatic rings. The van der Waals surface area contributed by atoms with Crippen LogP contribution in [-0.4, -0.2) is 4.98 Å². The quantitative estimate of drug-likeness (QED) is 0.632. The number of nitrogen functional groups attached to an aromatic ring is 1. The third-order valence-electron chi connectivity index (χ3n) is 1.80. The molecule has 0 unspecified atom stereocenters. The minimum atomic E-state index is 0.712. The van der Waals surface area contributed by atoms with Gasteiger partial charge in [0.25, 0.3) is 0 Å². The molecule has 2 heteroatoms. The molecule has 2 nitrogen and oxygen atoms in total. The molecule has 1 saturated carbocycles. The molecule has 0 saturated heterocycles. The summed E-state index contributed by atoms with van der Waals surface area (Å²) in [7, 11) is 0. The van der Waals surface area contributed by atoms with Crippen LogP contribution in [0.5, 0.6) is 0 Å². The number of anilines is 1. The highest BCUT2D eigenvalue weighted by molar-refractivity contribution is 5.38. The van der Waals surface area contributed by atoms with Crippen molar-refractivity contribution < 1.29 is 0 Å². The van der Waals surface area contributed by atoms with E-state index in [2.05, 4.69) is 4.98 Å². The summed E-state index contributed by atoms with van der Waals surface area (Å²) >= 11 is 0. The van der Waals surface area contributed by atoms with Crippen molar-refractivity contribution in [3.05, 3.63) is 24.0 Å². The standard InChI is InChI=1S/C8H10N2/c9-7-3-4-10-8(5-7)6-1-2-6/h3-6H,1-2H2,(H2,9,10). The zero-order valence-corrected chi connectivity index (χ0v) is 5.75. The lowest BCUT2D eigenvalue weighted by Gasteiger charge is -1.96. The lowest BCUT2D eigenvalue weighted by atomic mass is 10.2. The van der Waals surface area contributed by atoms with Crippen LogP contribution in [0.3, 0.4) is 0 Å². The lowest BCUT2D eigenvalue weighted by Crippen LogP contribution is -1.89. The third kappa shape index (κ3) is 0.967. The van der Waals surface area contributed by atoms with Gasteiger partial charge in [-0.25, -0.2) is 0 Å². The van der Waals surface area contributed by atoms with Crippen molar-refractivity contribution in [1.82, 2.24) is 4.98 Å². The monoisotopic (exact) mass is 134 g/mol. The average Bonchev–Trinajstić information content (AvgIpc) is 2.68. The first-order chi connectivity index (χ1) is 4.86. The van der Waals surface area contributed by atoms with Crippen LogP contribution in [0.2, 0.25) is 0 Å². The van der Waals surface area contributed by atoms with E-state index in [1.54, 1.807) is 6.20 Å². The number of hydrogen-bond donors (Lipinski definition) is 1. The number of aromatic nitrogens is 1. The highest BCUT2D eigenvalue weighted by Crippen LogP contribution is 2.39. The fraction of sp³-hybridized carbons (Fsp3) is 0.375. The van der Waals surface area contributed by atoms with Gasteiger partial charge in [-0.15, -0.1) is 0 Å². The molecule has 2 N–H and O–H groups in total. The van der Waals surface area contributed by atoms with Crippen LogP contribution in [0.25, 0.3) is 0 Å². The molecule has 10 heavy (non-hydrogen) atoms. The van der Waals surface area contributed by atoms with E-state index in [9.17, 15) is 0 Å². The van der Waals surface area contributed by atoms with Crippen molar-refractivity contribution in [2.75, 3.05) is 5.73 Å². The van der Waals surface area contributed by atoms with Crippen molar-refractivity contribution in [3.8, 4) is 0 Å². The molecule has 2 rings (SSSR count). The van der Waals surface area contributed by atoms with E-state index < -0.39 is 0 Å². The van der Waals surface area contributed by atoms with Crippen molar-refractivity contribution in [2.24, 2.45) is 0 Å². The first-order valence-electron chi connectivity index (χ1n) is 3.58. The summed E-state index contributed by atoms with van der Waals surface area (Å²) in [5.41, 5.74) is 7.58. The van der Waals surface area contributed by atoms with Gasteiger partial charge in [-0.05, 0) is 25.0 Å². The second kappa shape index (κ2) is 1.97. The minimum Gasteiger partial charge on any atom is -0.399 e. The summed E-state index contributed by atoms with van der Waals surface area (Å²) in [6.07, 6.45) is 4.36. The van der Waals surface area contributed by atoms with E-state index in [0.717, 1.165) is 5.69 Å². The Morgan fingerprint density at radius 1 is 1.50 bits per heavy atom. The van der Waals surface area contributed by atoms with Crippen LogP contribution in [0.1, 0.15) is 24.5 Å². The average molecular weight is 134 g/mol. The Labute approximate surface area is 60.1 Å². The summed E-state index contributed by atoms with van der Waals surface area (Å²) in [5, 5.41) is 0. The highest BCUT2D eigenvalue weighted by atomic mass is 14.7. The first-order valence-corrected chi connectivity index (χ1v) is 3.58. The number of nitrogens with two attached hydrogens (primary N) is 1. The van der Waals surface area contributed by atoms with E-state index in [1.165, 1.54) is 18.5 Å². The zero-order valence-electron chi connectivity index (χ0n) is 5.75. The lowest BCUT2D eigenvalue weighted by molar-refractivity contribution is 1.02. The van der Waals surface area contributed by atoms with Gasteiger partial charge in [0.1, 0.15) is 0 Å². The zero-order chi connectivity index (χ0) is 6.97. The molecule has 0 amide bonds. The summed E-state index contributed by atoms with van der Waals surface area (Å²) < 4.78 is 0. The van der Waals surface area contributed by atoms with Gasteiger partial charge >= 0.3 is 0 Å². The molecular weight excluding hydrogens is 124 g/mol. The molecule has 1 aliphatic rings. The van der Waals surface area contributed by atoms with E-state index in [0.29, 0.717) is 5.92 Å². The van der Waals surface area contributed by atoms with Gasteiger partial charge in [0.2, 0.25) is 0 Å². The largest absolute Gasteiger partial charge is 0.399 e. The predicted octanol–water partition coefficient (Wildman–Crippen LogP) is 1.54. The Morgan fingerprint density at radius 3 is 2.90 bits per heavy atom. The van der Waals surface area contributed by atoms with Gasteiger partial charge in [0.05, 0.1) is 0 Å². The van der Waals surface area contributed by atoms with Gasteiger partial charge in [-0.3, -0.25) is 4.98 Å². The van der Waals surface area contributed by atoms with Gasteiger partial charge in [0, 0.05) is 23.5 Å². The smallest absolute Gasteiger partial charge is 0.0454 e. The maximum absolute atomic E-state index is 5.58. The van der Waals surface area contributed by atoms with E-state index >= 15 is 0 Å². The van der Waals surface area contributed by atoms with Crippen LogP contribution in [-0.2, 0) is 0 Å². The second-order valence-corrected chi connectivity index (χ2v) is 2.79. The van der Waals surface area contributed by atoms with Crippen LogP contribution in [0, 0.1) is 0 Å². The van der Waals surface area contributed by atoms with Crippen molar-refractivity contribution in [3.63, 3.8) is 0 Å². The normalized spacial score (nSPS) is 17.2. The Balaban J connectivity index is 2.32. The third-order valence-corrected chi connectivity index (χ3v) is 1.80. The molecule has 1 aliphatic carbocycles. The predicted molar refractivity (Wildman–Crippen MR) is 40.6 cm³/mol. The SMILES string of the molecule is Nc1ccnc(C2CC2)c1. The molecule has 52 valence electrons. The van der Waals surface area contributed by atoms with Crippen molar-refractivity contribution >= 4 is 5.69 Å². The van der Waals surface area contributed by atoms with Gasteiger partial charge in [-0.1, -0.05) is 0 Å². The van der Waals surface area contributed by atoms with Crippen LogP contribution < -0.4 is 5.73 Å². The summed E-state index contributed by atoms with van der Waals surface area (Å²) in [5.74, 6) is 0.712. The fourth-order valence-electron chi connectivity index (χ4n) is 1.07. The van der Waals surface area contributed by atoms with Gasteiger partial charge in [0.15, 0.2) is 0 Å². The molecule has 1 fully saturated rings. The Kier molecular flexibility index (Phi) is 1.13. The minimum absolute atomic E-state index is 0.712. The molecule has 0 bridgehead atoms.